The highest BCUT2D eigenvalue weighted by Crippen LogP contribution is 2.26. The van der Waals surface area contributed by atoms with Gasteiger partial charge < -0.3 is 4.74 Å². The molecular formula is C12H11NO2. The summed E-state index contributed by atoms with van der Waals surface area (Å²) in [5.41, 5.74) is 2.62. The van der Waals surface area contributed by atoms with Crippen LogP contribution in [0.1, 0.15) is 6.42 Å². The molecule has 0 bridgehead atoms. The van der Waals surface area contributed by atoms with Crippen LogP contribution in [0.5, 0.6) is 0 Å². The van der Waals surface area contributed by atoms with Gasteiger partial charge in [-0.15, -0.1) is 0 Å². The first kappa shape index (κ1) is 9.65. The maximum Gasteiger partial charge on any atom is 0.334 e. The van der Waals surface area contributed by atoms with E-state index in [9.17, 15) is 4.79 Å². The fourth-order valence-electron chi connectivity index (χ4n) is 1.53. The van der Waals surface area contributed by atoms with Crippen molar-refractivity contribution in [3.05, 3.63) is 47.2 Å². The Hall–Kier alpha value is -1.90. The number of hydrogen-bond donors (Lipinski definition) is 0. The standard InChI is InChI=1S/C12H11NO2/c1-15-12(14)10-5-6-11-9(8-10)4-2-3-7-13-11/h2-7H,8H2,1H3. The number of ether oxygens (including phenoxy) is 1. The van der Waals surface area contributed by atoms with Crippen LogP contribution in [0.3, 0.4) is 0 Å². The minimum absolute atomic E-state index is 0.275. The third-order valence-electron chi connectivity index (χ3n) is 2.31. The molecule has 3 heteroatoms. The van der Waals surface area contributed by atoms with Crippen molar-refractivity contribution in [2.75, 3.05) is 7.11 Å². The first-order chi connectivity index (χ1) is 7.31. The number of aliphatic imine (C=N–C) groups is 1. The van der Waals surface area contributed by atoms with Crippen LogP contribution in [-0.2, 0) is 9.53 Å². The molecule has 0 amide bonds. The number of carbonyl (C=O) groups excluding carboxylic acids is 1. The van der Waals surface area contributed by atoms with E-state index in [1.165, 1.54) is 7.11 Å². The lowest BCUT2D eigenvalue weighted by molar-refractivity contribution is -0.136. The van der Waals surface area contributed by atoms with Gasteiger partial charge in [-0.2, -0.15) is 0 Å². The van der Waals surface area contributed by atoms with Gasteiger partial charge in [0.15, 0.2) is 0 Å². The average Bonchev–Trinajstić information content (AvgIpc) is 2.51. The molecule has 3 nitrogen and oxygen atoms in total. The van der Waals surface area contributed by atoms with Gasteiger partial charge in [-0.3, -0.25) is 4.99 Å². The molecule has 1 aliphatic carbocycles. The number of carbonyl (C=O) groups is 1. The number of nitrogens with zero attached hydrogens (tertiary/aromatic N) is 1. The van der Waals surface area contributed by atoms with E-state index in [1.807, 2.05) is 24.3 Å². The van der Waals surface area contributed by atoms with E-state index in [-0.39, 0.29) is 5.97 Å². The fraction of sp³-hybridized carbons (Fsp3) is 0.167. The monoisotopic (exact) mass is 201 g/mol. The molecule has 0 spiro atoms. The Balaban J connectivity index is 2.32. The summed E-state index contributed by atoms with van der Waals surface area (Å²) in [6, 6.07) is 0. The van der Waals surface area contributed by atoms with E-state index < -0.39 is 0 Å². The Bertz CT molecular complexity index is 437. The molecule has 1 aliphatic heterocycles. The summed E-state index contributed by atoms with van der Waals surface area (Å²) in [6.45, 7) is 0. The van der Waals surface area contributed by atoms with E-state index in [1.54, 1.807) is 12.3 Å². The summed E-state index contributed by atoms with van der Waals surface area (Å²) < 4.78 is 4.68. The molecule has 15 heavy (non-hydrogen) atoms. The first-order valence-electron chi connectivity index (χ1n) is 4.70. The van der Waals surface area contributed by atoms with Crippen molar-refractivity contribution in [1.82, 2.24) is 0 Å². The summed E-state index contributed by atoms with van der Waals surface area (Å²) >= 11 is 0. The Labute approximate surface area is 88.2 Å². The predicted octanol–water partition coefficient (Wildman–Crippen LogP) is 1.94. The number of rotatable bonds is 1. The van der Waals surface area contributed by atoms with Crippen LogP contribution < -0.4 is 0 Å². The molecule has 0 unspecified atom stereocenters. The second kappa shape index (κ2) is 4.09. The van der Waals surface area contributed by atoms with Crippen molar-refractivity contribution in [3.63, 3.8) is 0 Å². The van der Waals surface area contributed by atoms with E-state index in [2.05, 4.69) is 9.73 Å². The van der Waals surface area contributed by atoms with E-state index in [0.29, 0.717) is 12.0 Å². The molecule has 0 saturated carbocycles. The Morgan fingerprint density at radius 3 is 3.00 bits per heavy atom. The van der Waals surface area contributed by atoms with Gasteiger partial charge >= 0.3 is 5.97 Å². The zero-order valence-corrected chi connectivity index (χ0v) is 8.43. The molecule has 0 saturated heterocycles. The van der Waals surface area contributed by atoms with E-state index in [0.717, 1.165) is 11.3 Å². The molecule has 0 radical (unpaired) electrons. The van der Waals surface area contributed by atoms with Gasteiger partial charge in [0.25, 0.3) is 0 Å². The molecule has 0 aromatic rings. The summed E-state index contributed by atoms with van der Waals surface area (Å²) in [5.74, 6) is -0.275. The summed E-state index contributed by atoms with van der Waals surface area (Å²) in [5, 5.41) is 0. The Kier molecular flexibility index (Phi) is 2.63. The normalized spacial score (nSPS) is 18.3. The molecule has 0 atom stereocenters. The number of methoxy groups -OCH3 is 1. The average molecular weight is 201 g/mol. The van der Waals surface area contributed by atoms with Crippen LogP contribution in [0, 0.1) is 0 Å². The van der Waals surface area contributed by atoms with E-state index in [4.69, 9.17) is 0 Å². The maximum absolute atomic E-state index is 11.3. The van der Waals surface area contributed by atoms with Gasteiger partial charge in [0.2, 0.25) is 0 Å². The van der Waals surface area contributed by atoms with Gasteiger partial charge in [0.1, 0.15) is 0 Å². The second-order valence-corrected chi connectivity index (χ2v) is 3.27. The lowest BCUT2D eigenvalue weighted by atomic mass is 9.97. The van der Waals surface area contributed by atoms with Gasteiger partial charge in [-0.25, -0.2) is 4.79 Å². The maximum atomic E-state index is 11.3. The molecule has 2 rings (SSSR count). The predicted molar refractivity (Wildman–Crippen MR) is 58.5 cm³/mol. The van der Waals surface area contributed by atoms with Gasteiger partial charge in [-0.1, -0.05) is 12.2 Å². The summed E-state index contributed by atoms with van der Waals surface area (Å²) in [7, 11) is 1.39. The van der Waals surface area contributed by atoms with Crippen molar-refractivity contribution in [1.29, 1.82) is 0 Å². The van der Waals surface area contributed by atoms with Gasteiger partial charge in [0, 0.05) is 18.2 Å². The van der Waals surface area contributed by atoms with Crippen LogP contribution in [0.25, 0.3) is 0 Å². The summed E-state index contributed by atoms with van der Waals surface area (Å²) in [4.78, 5) is 15.6. The fourth-order valence-corrected chi connectivity index (χ4v) is 1.53. The zero-order chi connectivity index (χ0) is 10.7. The molecule has 2 aliphatic rings. The lowest BCUT2D eigenvalue weighted by Gasteiger charge is -2.13. The third kappa shape index (κ3) is 1.96. The Morgan fingerprint density at radius 2 is 2.20 bits per heavy atom. The number of esters is 1. The lowest BCUT2D eigenvalue weighted by Crippen LogP contribution is -2.08. The topological polar surface area (TPSA) is 38.7 Å². The first-order valence-corrected chi connectivity index (χ1v) is 4.70. The van der Waals surface area contributed by atoms with Crippen LogP contribution >= 0.6 is 0 Å². The van der Waals surface area contributed by atoms with Gasteiger partial charge in [0.05, 0.1) is 12.8 Å². The molecule has 0 N–H and O–H groups in total. The van der Waals surface area contributed by atoms with Crippen molar-refractivity contribution in [2.45, 2.75) is 6.42 Å². The van der Waals surface area contributed by atoms with Crippen LogP contribution in [0.4, 0.5) is 0 Å². The highest BCUT2D eigenvalue weighted by molar-refractivity contribution is 5.90. The smallest absolute Gasteiger partial charge is 0.334 e. The van der Waals surface area contributed by atoms with Gasteiger partial charge in [-0.05, 0) is 23.8 Å². The van der Waals surface area contributed by atoms with Crippen molar-refractivity contribution >= 4 is 12.2 Å². The molecule has 76 valence electrons. The third-order valence-corrected chi connectivity index (χ3v) is 2.31. The summed E-state index contributed by atoms with van der Waals surface area (Å²) in [6.07, 6.45) is 11.7. The van der Waals surface area contributed by atoms with Crippen LogP contribution in [0.2, 0.25) is 0 Å². The molecule has 0 aromatic carbocycles. The minimum atomic E-state index is -0.275. The second-order valence-electron chi connectivity index (χ2n) is 3.27. The number of allylic oxidation sites excluding steroid dienone is 6. The largest absolute Gasteiger partial charge is 0.466 e. The zero-order valence-electron chi connectivity index (χ0n) is 8.43. The van der Waals surface area contributed by atoms with Crippen molar-refractivity contribution < 1.29 is 9.53 Å². The number of fused-ring (bicyclic) bond motifs is 1. The molecule has 0 aromatic heterocycles. The molecule has 1 heterocycles. The van der Waals surface area contributed by atoms with Crippen LogP contribution in [-0.4, -0.2) is 19.3 Å². The highest BCUT2D eigenvalue weighted by Gasteiger charge is 2.17. The number of hydrogen-bond acceptors (Lipinski definition) is 3. The van der Waals surface area contributed by atoms with E-state index >= 15 is 0 Å². The minimum Gasteiger partial charge on any atom is -0.466 e. The Morgan fingerprint density at radius 1 is 1.33 bits per heavy atom. The quantitative estimate of drug-likeness (QED) is 0.608. The van der Waals surface area contributed by atoms with Crippen molar-refractivity contribution in [3.8, 4) is 0 Å². The molecular weight excluding hydrogens is 190 g/mol. The SMILES string of the molecule is COC(=O)C1=CC=C2N=CC=CC=C2C1. The highest BCUT2D eigenvalue weighted by atomic mass is 16.5. The molecule has 0 fully saturated rings. The van der Waals surface area contributed by atoms with Crippen molar-refractivity contribution in [2.24, 2.45) is 4.99 Å². The van der Waals surface area contributed by atoms with Crippen LogP contribution in [0.15, 0.2) is 52.2 Å².